The molecule has 0 aromatic rings. The van der Waals surface area contributed by atoms with E-state index in [-0.39, 0.29) is 12.2 Å². The summed E-state index contributed by atoms with van der Waals surface area (Å²) in [5.41, 5.74) is -0.00381. The van der Waals surface area contributed by atoms with Gasteiger partial charge in [-0.3, -0.25) is 0 Å². The summed E-state index contributed by atoms with van der Waals surface area (Å²) in [4.78, 5) is 13.8. The maximum atomic E-state index is 12.0. The van der Waals surface area contributed by atoms with Crippen molar-refractivity contribution in [3.63, 3.8) is 0 Å². The van der Waals surface area contributed by atoms with Gasteiger partial charge >= 0.3 is 6.09 Å². The lowest BCUT2D eigenvalue weighted by Gasteiger charge is -2.34. The van der Waals surface area contributed by atoms with E-state index in [1.165, 1.54) is 6.42 Å². The number of carbonyl (C=O) groups is 1. The molecule has 4 nitrogen and oxygen atoms in total. The highest BCUT2D eigenvalue weighted by molar-refractivity contribution is 5.68. The largest absolute Gasteiger partial charge is 0.444 e. The summed E-state index contributed by atoms with van der Waals surface area (Å²) in [6.07, 6.45) is 3.86. The molecule has 1 N–H and O–H groups in total. The first-order valence-corrected chi connectivity index (χ1v) is 7.38. The molecule has 19 heavy (non-hydrogen) atoms. The third-order valence-corrected chi connectivity index (χ3v) is 4.40. The molecule has 0 radical (unpaired) electrons. The summed E-state index contributed by atoms with van der Waals surface area (Å²) >= 11 is 0. The molecular formula is C15H27NO3. The average molecular weight is 269 g/mol. The van der Waals surface area contributed by atoms with E-state index in [1.54, 1.807) is 0 Å². The van der Waals surface area contributed by atoms with E-state index in [4.69, 9.17) is 4.74 Å². The van der Waals surface area contributed by atoms with Gasteiger partial charge in [-0.2, -0.15) is 0 Å². The number of aliphatic hydroxyl groups excluding tert-OH is 1. The van der Waals surface area contributed by atoms with Crippen molar-refractivity contribution in [2.24, 2.45) is 11.3 Å². The van der Waals surface area contributed by atoms with Crippen molar-refractivity contribution in [2.75, 3.05) is 13.1 Å². The average Bonchev–Trinajstić information content (AvgIpc) is 2.88. The molecule has 1 spiro atoms. The van der Waals surface area contributed by atoms with Gasteiger partial charge in [0.25, 0.3) is 0 Å². The Labute approximate surface area is 116 Å². The maximum Gasteiger partial charge on any atom is 0.410 e. The normalized spacial score (nSPS) is 27.2. The second kappa shape index (κ2) is 4.97. The van der Waals surface area contributed by atoms with Crippen LogP contribution in [0.25, 0.3) is 0 Å². The van der Waals surface area contributed by atoms with E-state index in [0.717, 1.165) is 32.4 Å². The summed E-state index contributed by atoms with van der Waals surface area (Å²) in [6.45, 7) is 9.15. The Morgan fingerprint density at radius 2 is 2.00 bits per heavy atom. The Bertz CT molecular complexity index is 338. The Morgan fingerprint density at radius 1 is 1.42 bits per heavy atom. The van der Waals surface area contributed by atoms with Gasteiger partial charge in [0.1, 0.15) is 5.60 Å². The number of piperidine rings is 1. The second-order valence-corrected chi connectivity index (χ2v) is 7.32. The molecule has 4 heteroatoms. The first-order valence-electron chi connectivity index (χ1n) is 7.38. The van der Waals surface area contributed by atoms with Crippen molar-refractivity contribution < 1.29 is 14.6 Å². The zero-order valence-corrected chi connectivity index (χ0v) is 12.6. The molecule has 2 rings (SSSR count). The number of amides is 1. The molecule has 2 atom stereocenters. The lowest BCUT2D eigenvalue weighted by atomic mass is 9.89. The standard InChI is InChI=1S/C15H27NO3/c1-11(17)9-12-10-15(12)5-7-16(8-6-15)13(18)19-14(2,3)4/h11-12,17H,5-10H2,1-4H3/t11?,12-/m0/s1. The van der Waals surface area contributed by atoms with Crippen molar-refractivity contribution in [1.82, 2.24) is 4.90 Å². The Hall–Kier alpha value is -0.770. The number of hydrogen-bond acceptors (Lipinski definition) is 3. The van der Waals surface area contributed by atoms with Gasteiger partial charge in [0, 0.05) is 13.1 Å². The Kier molecular flexibility index (Phi) is 3.83. The molecule has 0 aromatic carbocycles. The quantitative estimate of drug-likeness (QED) is 0.838. The van der Waals surface area contributed by atoms with Crippen molar-refractivity contribution in [1.29, 1.82) is 0 Å². The SMILES string of the molecule is CC(O)C[C@H]1CC12CCN(C(=O)OC(C)(C)C)CC2. The summed E-state index contributed by atoms with van der Waals surface area (Å²) in [7, 11) is 0. The van der Waals surface area contributed by atoms with Gasteiger partial charge in [0.15, 0.2) is 0 Å². The summed E-state index contributed by atoms with van der Waals surface area (Å²) in [6, 6.07) is 0. The van der Waals surface area contributed by atoms with E-state index < -0.39 is 5.60 Å². The van der Waals surface area contributed by atoms with Gasteiger partial charge in [0.05, 0.1) is 6.10 Å². The predicted octanol–water partition coefficient (Wildman–Crippen LogP) is 2.79. The van der Waals surface area contributed by atoms with E-state index in [9.17, 15) is 9.90 Å². The van der Waals surface area contributed by atoms with Gasteiger partial charge < -0.3 is 14.7 Å². The van der Waals surface area contributed by atoms with Crippen LogP contribution in [0.5, 0.6) is 0 Å². The van der Waals surface area contributed by atoms with Crippen LogP contribution in [0.3, 0.4) is 0 Å². The van der Waals surface area contributed by atoms with Crippen LogP contribution in [-0.4, -0.2) is 40.9 Å². The van der Waals surface area contributed by atoms with E-state index in [2.05, 4.69) is 0 Å². The highest BCUT2D eigenvalue weighted by Crippen LogP contribution is 2.61. The molecule has 110 valence electrons. The predicted molar refractivity (Wildman–Crippen MR) is 73.9 cm³/mol. The minimum absolute atomic E-state index is 0.185. The number of rotatable bonds is 2. The zero-order chi connectivity index (χ0) is 14.3. The van der Waals surface area contributed by atoms with E-state index in [0.29, 0.717) is 11.3 Å². The van der Waals surface area contributed by atoms with Crippen LogP contribution in [-0.2, 0) is 4.74 Å². The van der Waals surface area contributed by atoms with Crippen molar-refractivity contribution in [3.8, 4) is 0 Å². The molecule has 1 aliphatic heterocycles. The Morgan fingerprint density at radius 3 is 2.47 bits per heavy atom. The third-order valence-electron chi connectivity index (χ3n) is 4.40. The van der Waals surface area contributed by atoms with Gasteiger partial charge in [0.2, 0.25) is 0 Å². The number of carbonyl (C=O) groups excluding carboxylic acids is 1. The van der Waals surface area contributed by atoms with Gasteiger partial charge in [-0.25, -0.2) is 4.79 Å². The summed E-state index contributed by atoms with van der Waals surface area (Å²) < 4.78 is 5.40. The third kappa shape index (κ3) is 3.62. The molecule has 1 saturated carbocycles. The van der Waals surface area contributed by atoms with Crippen LogP contribution < -0.4 is 0 Å². The van der Waals surface area contributed by atoms with Crippen LogP contribution in [0.4, 0.5) is 4.79 Å². The van der Waals surface area contributed by atoms with Crippen molar-refractivity contribution in [3.05, 3.63) is 0 Å². The van der Waals surface area contributed by atoms with Crippen LogP contribution in [0.1, 0.15) is 53.4 Å². The van der Waals surface area contributed by atoms with Crippen LogP contribution in [0.2, 0.25) is 0 Å². The first kappa shape index (κ1) is 14.6. The van der Waals surface area contributed by atoms with Gasteiger partial charge in [-0.05, 0) is 64.7 Å². The fourth-order valence-corrected chi connectivity index (χ4v) is 3.25. The van der Waals surface area contributed by atoms with Crippen molar-refractivity contribution in [2.45, 2.75) is 65.1 Å². The number of likely N-dealkylation sites (tertiary alicyclic amines) is 1. The lowest BCUT2D eigenvalue weighted by molar-refractivity contribution is 0.0160. The second-order valence-electron chi connectivity index (χ2n) is 7.32. The molecule has 1 unspecified atom stereocenters. The molecule has 0 bridgehead atoms. The smallest absolute Gasteiger partial charge is 0.410 e. The monoisotopic (exact) mass is 269 g/mol. The topological polar surface area (TPSA) is 49.8 Å². The maximum absolute atomic E-state index is 12.0. The summed E-state index contributed by atoms with van der Waals surface area (Å²) in [5.74, 6) is 0.660. The molecule has 2 aliphatic rings. The molecule has 1 saturated heterocycles. The molecule has 1 aliphatic carbocycles. The molecule has 0 aromatic heterocycles. The molecule has 2 fully saturated rings. The van der Waals surface area contributed by atoms with Gasteiger partial charge in [-0.15, -0.1) is 0 Å². The fourth-order valence-electron chi connectivity index (χ4n) is 3.25. The van der Waals surface area contributed by atoms with E-state index >= 15 is 0 Å². The van der Waals surface area contributed by atoms with E-state index in [1.807, 2.05) is 32.6 Å². The Balaban J connectivity index is 1.79. The minimum atomic E-state index is -0.416. The summed E-state index contributed by atoms with van der Waals surface area (Å²) in [5, 5.41) is 9.46. The molecule has 1 amide bonds. The molecular weight excluding hydrogens is 242 g/mol. The highest BCUT2D eigenvalue weighted by atomic mass is 16.6. The number of nitrogens with zero attached hydrogens (tertiary/aromatic N) is 1. The van der Waals surface area contributed by atoms with Crippen LogP contribution >= 0.6 is 0 Å². The van der Waals surface area contributed by atoms with Crippen LogP contribution in [0, 0.1) is 11.3 Å². The lowest BCUT2D eigenvalue weighted by Crippen LogP contribution is -2.42. The fraction of sp³-hybridized carbons (Fsp3) is 0.933. The number of aliphatic hydroxyl groups is 1. The van der Waals surface area contributed by atoms with Crippen molar-refractivity contribution >= 4 is 6.09 Å². The van der Waals surface area contributed by atoms with Gasteiger partial charge in [-0.1, -0.05) is 0 Å². The number of ether oxygens (including phenoxy) is 1. The highest BCUT2D eigenvalue weighted by Gasteiger charge is 2.55. The van der Waals surface area contributed by atoms with Crippen LogP contribution in [0.15, 0.2) is 0 Å². The zero-order valence-electron chi connectivity index (χ0n) is 12.6. The first-order chi connectivity index (χ1) is 8.72. The molecule has 1 heterocycles. The number of hydrogen-bond donors (Lipinski definition) is 1. The minimum Gasteiger partial charge on any atom is -0.444 e.